The molecule has 0 spiro atoms. The lowest BCUT2D eigenvalue weighted by atomic mass is 10.2. The summed E-state index contributed by atoms with van der Waals surface area (Å²) in [6.45, 7) is 1.93. The quantitative estimate of drug-likeness (QED) is 0.197. The highest BCUT2D eigenvalue weighted by Crippen LogP contribution is 2.21. The summed E-state index contributed by atoms with van der Waals surface area (Å²) in [5.74, 6) is 1.50. The van der Waals surface area contributed by atoms with E-state index < -0.39 is 5.97 Å². The van der Waals surface area contributed by atoms with Crippen LogP contribution in [0, 0.1) is 6.92 Å². The number of benzene rings is 2. The third kappa shape index (κ3) is 6.08. The second kappa shape index (κ2) is 9.75. The van der Waals surface area contributed by atoms with E-state index >= 15 is 0 Å². The number of methoxy groups -OCH3 is 1. The van der Waals surface area contributed by atoms with Gasteiger partial charge in [0, 0.05) is 23.5 Å². The fraction of sp³-hybridized carbons (Fsp3) is 0.136. The Morgan fingerprint density at radius 2 is 1.72 bits per heavy atom. The zero-order chi connectivity index (χ0) is 20.6. The van der Waals surface area contributed by atoms with Crippen LogP contribution in [0.1, 0.15) is 11.3 Å². The maximum absolute atomic E-state index is 12.0. The van der Waals surface area contributed by atoms with E-state index in [1.165, 1.54) is 17.8 Å². The largest absolute Gasteiger partial charge is 0.497 e. The summed E-state index contributed by atoms with van der Waals surface area (Å²) >= 11 is 1.49. The van der Waals surface area contributed by atoms with Crippen molar-refractivity contribution in [3.63, 3.8) is 0 Å². The van der Waals surface area contributed by atoms with Crippen LogP contribution in [0.5, 0.6) is 11.5 Å². The number of hydrogen-bond donors (Lipinski definition) is 1. The predicted molar refractivity (Wildman–Crippen MR) is 116 cm³/mol. The molecule has 1 N–H and O–H groups in total. The Morgan fingerprint density at radius 1 is 1.03 bits per heavy atom. The fourth-order valence-electron chi connectivity index (χ4n) is 2.48. The number of esters is 1. The van der Waals surface area contributed by atoms with Crippen LogP contribution in [-0.2, 0) is 4.79 Å². The lowest BCUT2D eigenvalue weighted by Crippen LogP contribution is -2.03. The van der Waals surface area contributed by atoms with Crippen LogP contribution in [0.4, 0.5) is 11.5 Å². The molecule has 148 valence electrons. The topological polar surface area (TPSA) is 73.3 Å². The van der Waals surface area contributed by atoms with Crippen LogP contribution in [0.15, 0.2) is 65.8 Å². The highest BCUT2D eigenvalue weighted by Gasteiger charge is 2.04. The van der Waals surface area contributed by atoms with Gasteiger partial charge in [-0.05, 0) is 61.2 Å². The molecule has 3 rings (SSSR count). The van der Waals surface area contributed by atoms with Crippen molar-refractivity contribution in [3.05, 3.63) is 71.9 Å². The minimum atomic E-state index is -0.447. The van der Waals surface area contributed by atoms with Gasteiger partial charge in [-0.15, -0.1) is 0 Å². The van der Waals surface area contributed by atoms with Gasteiger partial charge in [0.05, 0.1) is 7.11 Å². The summed E-state index contributed by atoms with van der Waals surface area (Å²) in [6.07, 6.45) is 5.02. The number of aryl methyl sites for hydroxylation is 1. The number of carbonyl (C=O) groups is 1. The monoisotopic (exact) mass is 407 g/mol. The molecule has 1 heterocycles. The minimum Gasteiger partial charge on any atom is -0.497 e. The van der Waals surface area contributed by atoms with Crippen LogP contribution in [0.25, 0.3) is 6.08 Å². The second-order valence-electron chi connectivity index (χ2n) is 6.06. The van der Waals surface area contributed by atoms with Crippen molar-refractivity contribution in [2.45, 2.75) is 12.1 Å². The summed E-state index contributed by atoms with van der Waals surface area (Å²) < 4.78 is 10.4. The highest BCUT2D eigenvalue weighted by molar-refractivity contribution is 7.98. The molecule has 1 aromatic heterocycles. The normalized spacial score (nSPS) is 10.7. The average molecular weight is 407 g/mol. The van der Waals surface area contributed by atoms with E-state index in [1.807, 2.05) is 55.6 Å². The van der Waals surface area contributed by atoms with E-state index in [-0.39, 0.29) is 0 Å². The van der Waals surface area contributed by atoms with Gasteiger partial charge in [0.2, 0.25) is 0 Å². The maximum Gasteiger partial charge on any atom is 0.336 e. The standard InChI is InChI=1S/C22H21N3O3S/c1-15-14-20(25-22(23-15)29-3)24-17-7-11-19(12-8-17)28-21(26)13-6-16-4-9-18(27-2)10-5-16/h4-14H,1-3H3,(H,23,24,25)/b13-6+. The molecular formula is C22H21N3O3S. The summed E-state index contributed by atoms with van der Waals surface area (Å²) in [5.41, 5.74) is 2.61. The fourth-order valence-corrected chi connectivity index (χ4v) is 2.91. The summed E-state index contributed by atoms with van der Waals surface area (Å²) in [6, 6.07) is 16.4. The van der Waals surface area contributed by atoms with Crippen molar-refractivity contribution in [1.29, 1.82) is 0 Å². The van der Waals surface area contributed by atoms with Gasteiger partial charge in [-0.3, -0.25) is 0 Å². The molecule has 2 aromatic carbocycles. The SMILES string of the molecule is COc1ccc(/C=C/C(=O)Oc2ccc(Nc3cc(C)nc(SC)n3)cc2)cc1. The molecule has 29 heavy (non-hydrogen) atoms. The van der Waals surface area contributed by atoms with Crippen molar-refractivity contribution >= 4 is 35.3 Å². The number of ether oxygens (including phenoxy) is 2. The van der Waals surface area contributed by atoms with E-state index in [0.717, 1.165) is 22.7 Å². The molecule has 0 aliphatic heterocycles. The number of rotatable bonds is 7. The first-order valence-electron chi connectivity index (χ1n) is 8.86. The number of anilines is 2. The molecule has 0 amide bonds. The van der Waals surface area contributed by atoms with Gasteiger partial charge in [-0.25, -0.2) is 14.8 Å². The van der Waals surface area contributed by atoms with Crippen molar-refractivity contribution in [1.82, 2.24) is 9.97 Å². The van der Waals surface area contributed by atoms with E-state index in [9.17, 15) is 4.79 Å². The molecule has 3 aromatic rings. The van der Waals surface area contributed by atoms with Crippen molar-refractivity contribution in [3.8, 4) is 11.5 Å². The van der Waals surface area contributed by atoms with Gasteiger partial charge < -0.3 is 14.8 Å². The molecule has 0 aliphatic carbocycles. The first kappa shape index (κ1) is 20.4. The third-order valence-electron chi connectivity index (χ3n) is 3.89. The van der Waals surface area contributed by atoms with E-state index in [0.29, 0.717) is 16.7 Å². The van der Waals surface area contributed by atoms with Gasteiger partial charge in [0.15, 0.2) is 5.16 Å². The molecule has 0 radical (unpaired) electrons. The van der Waals surface area contributed by atoms with E-state index in [2.05, 4.69) is 15.3 Å². The number of nitrogens with one attached hydrogen (secondary N) is 1. The molecule has 0 aliphatic rings. The van der Waals surface area contributed by atoms with Crippen LogP contribution < -0.4 is 14.8 Å². The smallest absolute Gasteiger partial charge is 0.336 e. The van der Waals surface area contributed by atoms with Gasteiger partial charge in [-0.1, -0.05) is 23.9 Å². The van der Waals surface area contributed by atoms with Crippen LogP contribution in [0.2, 0.25) is 0 Å². The van der Waals surface area contributed by atoms with E-state index in [4.69, 9.17) is 9.47 Å². The highest BCUT2D eigenvalue weighted by atomic mass is 32.2. The summed E-state index contributed by atoms with van der Waals surface area (Å²) in [7, 11) is 1.61. The Morgan fingerprint density at radius 3 is 2.38 bits per heavy atom. The van der Waals surface area contributed by atoms with Crippen LogP contribution >= 0.6 is 11.8 Å². The van der Waals surface area contributed by atoms with Crippen LogP contribution in [-0.4, -0.2) is 29.3 Å². The van der Waals surface area contributed by atoms with Gasteiger partial charge in [-0.2, -0.15) is 0 Å². The molecule has 6 nitrogen and oxygen atoms in total. The number of nitrogens with zero attached hydrogens (tertiary/aromatic N) is 2. The Hall–Kier alpha value is -3.32. The van der Waals surface area contributed by atoms with Gasteiger partial charge in [0.25, 0.3) is 0 Å². The Bertz CT molecular complexity index is 1000. The molecule has 0 saturated heterocycles. The number of carbonyl (C=O) groups excluding carboxylic acids is 1. The molecule has 0 fully saturated rings. The Kier molecular flexibility index (Phi) is 6.86. The summed E-state index contributed by atoms with van der Waals surface area (Å²) in [5, 5.41) is 3.94. The second-order valence-corrected chi connectivity index (χ2v) is 6.83. The Labute approximate surface area is 174 Å². The van der Waals surface area contributed by atoms with Gasteiger partial charge >= 0.3 is 5.97 Å². The first-order chi connectivity index (χ1) is 14.1. The third-order valence-corrected chi connectivity index (χ3v) is 4.44. The lowest BCUT2D eigenvalue weighted by Gasteiger charge is -2.08. The molecular weight excluding hydrogens is 386 g/mol. The first-order valence-corrected chi connectivity index (χ1v) is 10.1. The van der Waals surface area contributed by atoms with E-state index in [1.54, 1.807) is 25.3 Å². The molecule has 0 unspecified atom stereocenters. The van der Waals surface area contributed by atoms with Gasteiger partial charge in [0.1, 0.15) is 17.3 Å². The minimum absolute atomic E-state index is 0.447. The van der Waals surface area contributed by atoms with Crippen molar-refractivity contribution in [2.75, 3.05) is 18.7 Å². The zero-order valence-electron chi connectivity index (χ0n) is 16.4. The van der Waals surface area contributed by atoms with Crippen molar-refractivity contribution in [2.24, 2.45) is 0 Å². The lowest BCUT2D eigenvalue weighted by molar-refractivity contribution is -0.128. The number of hydrogen-bond acceptors (Lipinski definition) is 7. The van der Waals surface area contributed by atoms with Crippen LogP contribution in [0.3, 0.4) is 0 Å². The number of thioether (sulfide) groups is 1. The average Bonchev–Trinajstić information content (AvgIpc) is 2.73. The predicted octanol–water partition coefficient (Wildman–Crippen LogP) is 4.88. The molecule has 0 saturated carbocycles. The molecule has 0 bridgehead atoms. The van der Waals surface area contributed by atoms with Crippen molar-refractivity contribution < 1.29 is 14.3 Å². The molecule has 0 atom stereocenters. The maximum atomic E-state index is 12.0. The number of aromatic nitrogens is 2. The molecule has 7 heteroatoms. The zero-order valence-corrected chi connectivity index (χ0v) is 17.2. The summed E-state index contributed by atoms with van der Waals surface area (Å²) in [4.78, 5) is 20.8. The Balaban J connectivity index is 1.59.